The molecule has 0 heterocycles. The molecule has 4 nitrogen and oxygen atoms in total. The van der Waals surface area contributed by atoms with Crippen LogP contribution in [0.15, 0.2) is 22.8 Å². The Hall–Kier alpha value is -1.43. The molecule has 1 aromatic carbocycles. The van der Waals surface area contributed by atoms with Crippen molar-refractivity contribution < 1.29 is 9.31 Å². The maximum absolute atomic E-state index is 13.0. The molecule has 16 heavy (non-hydrogen) atoms. The Labute approximate surface area is 101 Å². The molecule has 0 saturated carbocycles. The van der Waals surface area contributed by atoms with Crippen molar-refractivity contribution in [3.63, 3.8) is 0 Å². The highest BCUT2D eigenvalue weighted by molar-refractivity contribution is 9.10. The molecule has 0 radical (unpaired) electrons. The molecule has 86 valence electrons. The van der Waals surface area contributed by atoms with Gasteiger partial charge in [0.2, 0.25) is 0 Å². The number of nitrogens with zero attached hydrogens (tertiary/aromatic N) is 2. The van der Waals surface area contributed by atoms with Crippen LogP contribution in [0.5, 0.6) is 0 Å². The first-order chi connectivity index (χ1) is 7.41. The lowest BCUT2D eigenvalue weighted by molar-refractivity contribution is -0.385. The molecule has 0 fully saturated rings. The predicted molar refractivity (Wildman–Crippen MR) is 63.5 cm³/mol. The molecule has 0 atom stereocenters. The molecule has 0 saturated heterocycles. The summed E-state index contributed by atoms with van der Waals surface area (Å²) >= 11 is 3.10. The van der Waals surface area contributed by atoms with Gasteiger partial charge in [0, 0.05) is 18.6 Å². The van der Waals surface area contributed by atoms with Gasteiger partial charge in [0.15, 0.2) is 0 Å². The van der Waals surface area contributed by atoms with Crippen LogP contribution >= 0.6 is 15.9 Å². The van der Waals surface area contributed by atoms with Gasteiger partial charge in [-0.25, -0.2) is 4.39 Å². The molecule has 1 rings (SSSR count). The van der Waals surface area contributed by atoms with E-state index in [9.17, 15) is 14.5 Å². The third kappa shape index (κ3) is 3.03. The van der Waals surface area contributed by atoms with E-state index in [0.717, 1.165) is 6.07 Å². The first-order valence-electron chi connectivity index (χ1n) is 4.40. The molecule has 0 amide bonds. The Morgan fingerprint density at radius 2 is 2.12 bits per heavy atom. The molecule has 0 aliphatic rings. The normalized spacial score (nSPS) is 10.8. The van der Waals surface area contributed by atoms with E-state index >= 15 is 0 Å². The average Bonchev–Trinajstić information content (AvgIpc) is 2.14. The van der Waals surface area contributed by atoms with Gasteiger partial charge < -0.3 is 4.90 Å². The molecule has 0 spiro atoms. The number of benzene rings is 1. The van der Waals surface area contributed by atoms with Crippen LogP contribution in [0.2, 0.25) is 0 Å². The van der Waals surface area contributed by atoms with Crippen LogP contribution < -0.4 is 0 Å². The molecule has 0 unspecified atom stereocenters. The van der Waals surface area contributed by atoms with Gasteiger partial charge in [-0.3, -0.25) is 10.1 Å². The maximum atomic E-state index is 13.0. The second-order valence-corrected chi connectivity index (χ2v) is 4.21. The lowest BCUT2D eigenvalue weighted by atomic mass is 10.1. The van der Waals surface area contributed by atoms with Gasteiger partial charge in [-0.2, -0.15) is 0 Å². The lowest BCUT2D eigenvalue weighted by Crippen LogP contribution is -2.00. The van der Waals surface area contributed by atoms with Crippen molar-refractivity contribution in [1.29, 1.82) is 0 Å². The van der Waals surface area contributed by atoms with E-state index in [4.69, 9.17) is 0 Å². The molecule has 0 bridgehead atoms. The number of hydrogen-bond acceptors (Lipinski definition) is 3. The second-order valence-electron chi connectivity index (χ2n) is 3.36. The summed E-state index contributed by atoms with van der Waals surface area (Å²) in [5, 5.41) is 10.7. The van der Waals surface area contributed by atoms with Gasteiger partial charge in [-0.15, -0.1) is 0 Å². The summed E-state index contributed by atoms with van der Waals surface area (Å²) in [6.45, 7) is 0. The third-order valence-corrected chi connectivity index (χ3v) is 2.46. The van der Waals surface area contributed by atoms with Crippen molar-refractivity contribution in [1.82, 2.24) is 4.90 Å². The fourth-order valence-electron chi connectivity index (χ4n) is 1.11. The summed E-state index contributed by atoms with van der Waals surface area (Å²) in [7, 11) is 3.58. The van der Waals surface area contributed by atoms with Gasteiger partial charge in [0.1, 0.15) is 5.82 Å². The van der Waals surface area contributed by atoms with Crippen LogP contribution in [0.3, 0.4) is 0 Å². The van der Waals surface area contributed by atoms with E-state index < -0.39 is 10.7 Å². The summed E-state index contributed by atoms with van der Waals surface area (Å²) < 4.78 is 13.4. The van der Waals surface area contributed by atoms with Crippen LogP contribution in [0.25, 0.3) is 6.08 Å². The van der Waals surface area contributed by atoms with Crippen LogP contribution in [0, 0.1) is 15.9 Å². The highest BCUT2D eigenvalue weighted by Crippen LogP contribution is 2.29. The van der Waals surface area contributed by atoms with E-state index in [1.54, 1.807) is 31.3 Å². The predicted octanol–water partition coefficient (Wildman–Crippen LogP) is 3.03. The Morgan fingerprint density at radius 1 is 1.50 bits per heavy atom. The molecule has 0 N–H and O–H groups in total. The van der Waals surface area contributed by atoms with Gasteiger partial charge in [-0.05, 0) is 34.3 Å². The van der Waals surface area contributed by atoms with Crippen LogP contribution in [-0.2, 0) is 0 Å². The number of nitro benzene ring substituents is 1. The summed E-state index contributed by atoms with van der Waals surface area (Å²) in [6.07, 6.45) is 3.21. The van der Waals surface area contributed by atoms with E-state index in [2.05, 4.69) is 15.9 Å². The summed E-state index contributed by atoms with van der Waals surface area (Å²) in [4.78, 5) is 11.9. The van der Waals surface area contributed by atoms with Crippen LogP contribution in [0.1, 0.15) is 5.56 Å². The standard InChI is InChI=1S/C10H10BrFN2O2/c1-13(2)4-3-8-9(11)5-7(12)6-10(8)14(15)16/h3-6H,1-2H3. The third-order valence-electron chi connectivity index (χ3n) is 1.81. The minimum absolute atomic E-state index is 0.259. The van der Waals surface area contributed by atoms with Crippen molar-refractivity contribution in [3.8, 4) is 0 Å². The zero-order valence-corrected chi connectivity index (χ0v) is 10.4. The van der Waals surface area contributed by atoms with E-state index in [1.165, 1.54) is 6.07 Å². The molecular weight excluding hydrogens is 279 g/mol. The summed E-state index contributed by atoms with van der Waals surface area (Å²) in [5.74, 6) is -0.638. The second kappa shape index (κ2) is 5.07. The van der Waals surface area contributed by atoms with Gasteiger partial charge in [0.25, 0.3) is 5.69 Å². The fourth-order valence-corrected chi connectivity index (χ4v) is 1.66. The Kier molecular flexibility index (Phi) is 4.00. The Bertz CT molecular complexity index is 447. The van der Waals surface area contributed by atoms with Crippen molar-refractivity contribution in [3.05, 3.63) is 44.3 Å². The van der Waals surface area contributed by atoms with Crippen molar-refractivity contribution in [2.24, 2.45) is 0 Å². The number of nitro groups is 1. The zero-order chi connectivity index (χ0) is 12.3. The SMILES string of the molecule is CN(C)C=Cc1c(Br)cc(F)cc1[N+](=O)[O-]. The van der Waals surface area contributed by atoms with E-state index in [1.807, 2.05) is 0 Å². The number of halogens is 2. The first-order valence-corrected chi connectivity index (χ1v) is 5.19. The molecular formula is C10H10BrFN2O2. The molecule has 0 aliphatic heterocycles. The Morgan fingerprint density at radius 3 is 2.62 bits per heavy atom. The molecule has 0 aromatic heterocycles. The van der Waals surface area contributed by atoms with Gasteiger partial charge in [-0.1, -0.05) is 0 Å². The minimum Gasteiger partial charge on any atom is -0.383 e. The van der Waals surface area contributed by atoms with E-state index in [-0.39, 0.29) is 5.69 Å². The quantitative estimate of drug-likeness (QED) is 0.634. The zero-order valence-electron chi connectivity index (χ0n) is 8.78. The van der Waals surface area contributed by atoms with Crippen molar-refractivity contribution in [2.75, 3.05) is 14.1 Å². The van der Waals surface area contributed by atoms with Crippen molar-refractivity contribution in [2.45, 2.75) is 0 Å². The van der Waals surface area contributed by atoms with Gasteiger partial charge in [0.05, 0.1) is 16.6 Å². The summed E-state index contributed by atoms with van der Waals surface area (Å²) in [6, 6.07) is 2.10. The topological polar surface area (TPSA) is 46.4 Å². The highest BCUT2D eigenvalue weighted by atomic mass is 79.9. The lowest BCUT2D eigenvalue weighted by Gasteiger charge is -2.05. The van der Waals surface area contributed by atoms with Gasteiger partial charge >= 0.3 is 0 Å². The first kappa shape index (κ1) is 12.6. The highest BCUT2D eigenvalue weighted by Gasteiger charge is 2.16. The van der Waals surface area contributed by atoms with E-state index in [0.29, 0.717) is 10.0 Å². The minimum atomic E-state index is -0.638. The molecule has 6 heteroatoms. The van der Waals surface area contributed by atoms with Crippen LogP contribution in [-0.4, -0.2) is 23.9 Å². The summed E-state index contributed by atoms with van der Waals surface area (Å²) in [5.41, 5.74) is 0.0880. The Balaban J connectivity index is 3.30. The largest absolute Gasteiger partial charge is 0.383 e. The van der Waals surface area contributed by atoms with Crippen LogP contribution in [0.4, 0.5) is 10.1 Å². The molecule has 0 aliphatic carbocycles. The molecule has 1 aromatic rings. The van der Waals surface area contributed by atoms with Crippen molar-refractivity contribution >= 4 is 27.7 Å². The average molecular weight is 289 g/mol. The fraction of sp³-hybridized carbons (Fsp3) is 0.200. The number of hydrogen-bond donors (Lipinski definition) is 0. The maximum Gasteiger partial charge on any atom is 0.280 e. The number of rotatable bonds is 3. The smallest absolute Gasteiger partial charge is 0.280 e. The monoisotopic (exact) mass is 288 g/mol.